The van der Waals surface area contributed by atoms with E-state index in [2.05, 4.69) is 16.0 Å². The molecule has 0 aromatic heterocycles. The second-order valence-electron chi connectivity index (χ2n) is 7.19. The Morgan fingerprint density at radius 2 is 1.42 bits per heavy atom. The van der Waals surface area contributed by atoms with Gasteiger partial charge in [-0.2, -0.15) is 0 Å². The molecule has 3 aromatic carbocycles. The van der Waals surface area contributed by atoms with Crippen molar-refractivity contribution in [1.82, 2.24) is 0 Å². The molecule has 3 rings (SSSR count). The molecule has 0 heterocycles. The van der Waals surface area contributed by atoms with Gasteiger partial charge < -0.3 is 20.7 Å². The Morgan fingerprint density at radius 1 is 0.774 bits per heavy atom. The molecule has 0 unspecified atom stereocenters. The first-order valence-corrected chi connectivity index (χ1v) is 10.2. The average molecular weight is 418 g/mol. The lowest BCUT2D eigenvalue weighted by Crippen LogP contribution is -2.21. The summed E-state index contributed by atoms with van der Waals surface area (Å²) < 4.78 is 5.40. The van der Waals surface area contributed by atoms with Crippen molar-refractivity contribution in [3.63, 3.8) is 0 Å². The number of aryl methyl sites for hydroxylation is 2. The fourth-order valence-corrected chi connectivity index (χ4v) is 2.95. The van der Waals surface area contributed by atoms with Gasteiger partial charge in [-0.15, -0.1) is 0 Å². The smallest absolute Gasteiger partial charge is 0.255 e. The Morgan fingerprint density at radius 3 is 2.06 bits per heavy atom. The molecule has 0 saturated heterocycles. The van der Waals surface area contributed by atoms with Gasteiger partial charge in [0.25, 0.3) is 5.91 Å². The predicted octanol–water partition coefficient (Wildman–Crippen LogP) is 5.01. The zero-order valence-corrected chi connectivity index (χ0v) is 18.0. The standard InChI is InChI=1S/C25H27N3O3/c1-4-31-23-13-11-21(12-14-23)28-25(30)19-6-9-20(10-7-19)26-16-24(29)27-22-8-5-17(2)18(3)15-22/h5-15,26H,4,16H2,1-3H3,(H,27,29)(H,28,30). The van der Waals surface area contributed by atoms with E-state index in [9.17, 15) is 9.59 Å². The van der Waals surface area contributed by atoms with Gasteiger partial charge in [0.1, 0.15) is 5.75 Å². The number of ether oxygens (including phenoxy) is 1. The lowest BCUT2D eigenvalue weighted by Gasteiger charge is -2.10. The average Bonchev–Trinajstić information content (AvgIpc) is 2.77. The van der Waals surface area contributed by atoms with Crippen LogP contribution in [-0.2, 0) is 4.79 Å². The molecule has 6 nitrogen and oxygen atoms in total. The van der Waals surface area contributed by atoms with Gasteiger partial charge in [-0.1, -0.05) is 6.07 Å². The number of carbonyl (C=O) groups excluding carboxylic acids is 2. The molecule has 2 amide bonds. The Labute approximate surface area is 182 Å². The van der Waals surface area contributed by atoms with E-state index in [0.29, 0.717) is 17.9 Å². The minimum atomic E-state index is -0.205. The van der Waals surface area contributed by atoms with Crippen molar-refractivity contribution in [1.29, 1.82) is 0 Å². The third-order valence-electron chi connectivity index (χ3n) is 4.81. The number of rotatable bonds is 8. The molecule has 0 aliphatic heterocycles. The maximum absolute atomic E-state index is 12.4. The molecule has 0 aliphatic rings. The number of benzene rings is 3. The second kappa shape index (κ2) is 10.3. The maximum atomic E-state index is 12.4. The Hall–Kier alpha value is -3.80. The highest BCUT2D eigenvalue weighted by Crippen LogP contribution is 2.17. The van der Waals surface area contributed by atoms with Crippen molar-refractivity contribution < 1.29 is 14.3 Å². The first-order valence-electron chi connectivity index (χ1n) is 10.2. The summed E-state index contributed by atoms with van der Waals surface area (Å²) in [4.78, 5) is 24.6. The van der Waals surface area contributed by atoms with Crippen LogP contribution in [0.1, 0.15) is 28.4 Å². The van der Waals surface area contributed by atoms with Crippen molar-refractivity contribution in [3.05, 3.63) is 83.4 Å². The summed E-state index contributed by atoms with van der Waals surface area (Å²) in [6.45, 7) is 6.69. The molecule has 0 spiro atoms. The van der Waals surface area contributed by atoms with E-state index >= 15 is 0 Å². The Kier molecular flexibility index (Phi) is 7.27. The van der Waals surface area contributed by atoms with Crippen molar-refractivity contribution in [3.8, 4) is 5.75 Å². The molecule has 0 radical (unpaired) electrons. The van der Waals surface area contributed by atoms with Gasteiger partial charge in [0.05, 0.1) is 13.2 Å². The van der Waals surface area contributed by atoms with Gasteiger partial charge in [0, 0.05) is 22.6 Å². The van der Waals surface area contributed by atoms with Crippen LogP contribution in [0.2, 0.25) is 0 Å². The minimum Gasteiger partial charge on any atom is -0.494 e. The largest absolute Gasteiger partial charge is 0.494 e. The van der Waals surface area contributed by atoms with Crippen molar-refractivity contribution in [2.45, 2.75) is 20.8 Å². The summed E-state index contributed by atoms with van der Waals surface area (Å²) in [6.07, 6.45) is 0. The van der Waals surface area contributed by atoms with Crippen molar-refractivity contribution in [2.75, 3.05) is 29.1 Å². The van der Waals surface area contributed by atoms with E-state index < -0.39 is 0 Å². The highest BCUT2D eigenvalue weighted by molar-refractivity contribution is 6.04. The van der Waals surface area contributed by atoms with E-state index in [0.717, 1.165) is 22.7 Å². The van der Waals surface area contributed by atoms with Crippen molar-refractivity contribution >= 4 is 28.9 Å². The lowest BCUT2D eigenvalue weighted by atomic mass is 10.1. The van der Waals surface area contributed by atoms with Crippen LogP contribution in [0, 0.1) is 13.8 Å². The molecule has 0 saturated carbocycles. The summed E-state index contributed by atoms with van der Waals surface area (Å²) in [7, 11) is 0. The van der Waals surface area contributed by atoms with Gasteiger partial charge in [-0.3, -0.25) is 9.59 Å². The third-order valence-corrected chi connectivity index (χ3v) is 4.81. The SMILES string of the molecule is CCOc1ccc(NC(=O)c2ccc(NCC(=O)Nc3ccc(C)c(C)c3)cc2)cc1. The van der Waals surface area contributed by atoms with Crippen LogP contribution in [-0.4, -0.2) is 25.0 Å². The van der Waals surface area contributed by atoms with E-state index in [1.807, 2.05) is 51.1 Å². The Bertz CT molecular complexity index is 1040. The molecule has 160 valence electrons. The monoisotopic (exact) mass is 417 g/mol. The summed E-state index contributed by atoms with van der Waals surface area (Å²) in [5.41, 5.74) is 5.06. The summed E-state index contributed by atoms with van der Waals surface area (Å²) >= 11 is 0. The number of hydrogen-bond acceptors (Lipinski definition) is 4. The van der Waals surface area contributed by atoms with Crippen LogP contribution < -0.4 is 20.7 Å². The summed E-state index contributed by atoms with van der Waals surface area (Å²) in [6, 6.07) is 20.0. The van der Waals surface area contributed by atoms with Crippen molar-refractivity contribution in [2.24, 2.45) is 0 Å². The highest BCUT2D eigenvalue weighted by atomic mass is 16.5. The van der Waals surface area contributed by atoms with Gasteiger partial charge >= 0.3 is 0 Å². The first kappa shape index (κ1) is 21.9. The van der Waals surface area contributed by atoms with Crippen LogP contribution in [0.3, 0.4) is 0 Å². The molecule has 3 N–H and O–H groups in total. The van der Waals surface area contributed by atoms with Crippen LogP contribution in [0.25, 0.3) is 0 Å². The molecule has 0 atom stereocenters. The first-order chi connectivity index (χ1) is 14.9. The molecule has 6 heteroatoms. The van der Waals surface area contributed by atoms with Crippen LogP contribution >= 0.6 is 0 Å². The van der Waals surface area contributed by atoms with E-state index in [4.69, 9.17) is 4.74 Å². The van der Waals surface area contributed by atoms with Gasteiger partial charge in [0.2, 0.25) is 5.91 Å². The minimum absolute atomic E-state index is 0.130. The number of nitrogens with one attached hydrogen (secondary N) is 3. The number of hydrogen-bond donors (Lipinski definition) is 3. The van der Waals surface area contributed by atoms with E-state index in [1.165, 1.54) is 5.56 Å². The molecule has 3 aromatic rings. The van der Waals surface area contributed by atoms with Crippen LogP contribution in [0.5, 0.6) is 5.75 Å². The fraction of sp³-hybridized carbons (Fsp3) is 0.200. The topological polar surface area (TPSA) is 79.5 Å². The molecular weight excluding hydrogens is 390 g/mol. The zero-order chi connectivity index (χ0) is 22.2. The lowest BCUT2D eigenvalue weighted by molar-refractivity contribution is -0.114. The third kappa shape index (κ3) is 6.34. The van der Waals surface area contributed by atoms with Gasteiger partial charge in [-0.25, -0.2) is 0 Å². The van der Waals surface area contributed by atoms with E-state index in [-0.39, 0.29) is 18.4 Å². The summed E-state index contributed by atoms with van der Waals surface area (Å²) in [5.74, 6) is 0.418. The zero-order valence-electron chi connectivity index (χ0n) is 18.0. The predicted molar refractivity (Wildman–Crippen MR) is 125 cm³/mol. The fourth-order valence-electron chi connectivity index (χ4n) is 2.95. The highest BCUT2D eigenvalue weighted by Gasteiger charge is 2.08. The van der Waals surface area contributed by atoms with Gasteiger partial charge in [0.15, 0.2) is 0 Å². The maximum Gasteiger partial charge on any atom is 0.255 e. The number of anilines is 3. The summed E-state index contributed by atoms with van der Waals surface area (Å²) in [5, 5.41) is 8.80. The molecule has 31 heavy (non-hydrogen) atoms. The Balaban J connectivity index is 1.50. The number of amides is 2. The normalized spacial score (nSPS) is 10.3. The van der Waals surface area contributed by atoms with E-state index in [1.54, 1.807) is 36.4 Å². The molecule has 0 fully saturated rings. The quantitative estimate of drug-likeness (QED) is 0.482. The number of carbonyl (C=O) groups is 2. The van der Waals surface area contributed by atoms with Gasteiger partial charge in [-0.05, 0) is 92.6 Å². The molecule has 0 bridgehead atoms. The second-order valence-corrected chi connectivity index (χ2v) is 7.19. The van der Waals surface area contributed by atoms with Crippen LogP contribution in [0.15, 0.2) is 66.7 Å². The molecule has 0 aliphatic carbocycles. The van der Waals surface area contributed by atoms with Crippen LogP contribution in [0.4, 0.5) is 17.1 Å². The molecular formula is C25H27N3O3.